The van der Waals surface area contributed by atoms with E-state index in [0.717, 1.165) is 61.6 Å². The SMILES string of the molecule is c1ccc(-c2cccc(-c3cc(-c4cccc(-n5c6ccccc6c6cccnc65)c4)cc(-c4ccccn4)n3)c2)cc1. The summed E-state index contributed by atoms with van der Waals surface area (Å²) in [5.41, 5.74) is 11.3. The maximum absolute atomic E-state index is 5.11. The Morgan fingerprint density at radius 2 is 1.09 bits per heavy atom. The average Bonchev–Trinajstić information content (AvgIpc) is 3.43. The second-order valence-corrected chi connectivity index (χ2v) is 10.6. The fourth-order valence-electron chi connectivity index (χ4n) is 5.86. The van der Waals surface area contributed by atoms with E-state index in [2.05, 4.69) is 125 Å². The van der Waals surface area contributed by atoms with Crippen molar-refractivity contribution in [3.8, 4) is 50.6 Å². The van der Waals surface area contributed by atoms with Crippen molar-refractivity contribution in [1.82, 2.24) is 19.5 Å². The number of hydrogen-bond acceptors (Lipinski definition) is 3. The fraction of sp³-hybridized carbons (Fsp3) is 0. The molecule has 0 aliphatic carbocycles. The van der Waals surface area contributed by atoms with Gasteiger partial charge in [0.15, 0.2) is 0 Å². The van der Waals surface area contributed by atoms with Gasteiger partial charge in [-0.1, -0.05) is 84.9 Å². The van der Waals surface area contributed by atoms with Crippen LogP contribution in [-0.2, 0) is 0 Å². The molecule has 8 rings (SSSR count). The third-order valence-electron chi connectivity index (χ3n) is 7.89. The molecule has 0 radical (unpaired) electrons. The summed E-state index contributed by atoms with van der Waals surface area (Å²) in [6, 6.07) is 50.6. The Morgan fingerprint density at radius 1 is 0.395 bits per heavy atom. The second-order valence-electron chi connectivity index (χ2n) is 10.6. The lowest BCUT2D eigenvalue weighted by Crippen LogP contribution is -1.96. The Bertz CT molecular complexity index is 2180. The minimum atomic E-state index is 0.835. The van der Waals surface area contributed by atoms with Gasteiger partial charge in [0.25, 0.3) is 0 Å². The number of pyridine rings is 3. The van der Waals surface area contributed by atoms with E-state index in [9.17, 15) is 0 Å². The minimum Gasteiger partial charge on any atom is -0.294 e. The number of para-hydroxylation sites is 1. The molecule has 8 aromatic rings. The molecule has 4 aromatic carbocycles. The van der Waals surface area contributed by atoms with E-state index in [0.29, 0.717) is 0 Å². The van der Waals surface area contributed by atoms with Gasteiger partial charge in [-0.05, 0) is 82.9 Å². The molecule has 0 spiro atoms. The summed E-state index contributed by atoms with van der Waals surface area (Å²) in [5, 5.41) is 2.34. The van der Waals surface area contributed by atoms with E-state index in [1.165, 1.54) is 10.9 Å². The molecule has 43 heavy (non-hydrogen) atoms. The van der Waals surface area contributed by atoms with Crippen LogP contribution >= 0.6 is 0 Å². The van der Waals surface area contributed by atoms with Gasteiger partial charge >= 0.3 is 0 Å². The fourth-order valence-corrected chi connectivity index (χ4v) is 5.86. The predicted octanol–water partition coefficient (Wildman–Crippen LogP) is 9.64. The topological polar surface area (TPSA) is 43.6 Å². The van der Waals surface area contributed by atoms with Crippen molar-refractivity contribution >= 4 is 21.9 Å². The van der Waals surface area contributed by atoms with Crippen molar-refractivity contribution in [1.29, 1.82) is 0 Å². The number of aromatic nitrogens is 4. The molecule has 0 bridgehead atoms. The normalized spacial score (nSPS) is 11.3. The Hall–Kier alpha value is -5.87. The van der Waals surface area contributed by atoms with E-state index < -0.39 is 0 Å². The van der Waals surface area contributed by atoms with Crippen molar-refractivity contribution < 1.29 is 0 Å². The molecule has 0 saturated carbocycles. The van der Waals surface area contributed by atoms with Gasteiger partial charge in [-0.3, -0.25) is 9.55 Å². The number of benzene rings is 4. The zero-order valence-corrected chi connectivity index (χ0v) is 23.3. The molecule has 0 saturated heterocycles. The highest BCUT2D eigenvalue weighted by molar-refractivity contribution is 6.07. The van der Waals surface area contributed by atoms with Crippen molar-refractivity contribution in [2.45, 2.75) is 0 Å². The van der Waals surface area contributed by atoms with Crippen LogP contribution in [0.25, 0.3) is 72.5 Å². The van der Waals surface area contributed by atoms with E-state index in [4.69, 9.17) is 9.97 Å². The first-order valence-corrected chi connectivity index (χ1v) is 14.4. The largest absolute Gasteiger partial charge is 0.294 e. The number of hydrogen-bond donors (Lipinski definition) is 0. The van der Waals surface area contributed by atoms with E-state index >= 15 is 0 Å². The van der Waals surface area contributed by atoms with Crippen LogP contribution in [0.1, 0.15) is 0 Å². The van der Waals surface area contributed by atoms with Crippen LogP contribution in [0.15, 0.2) is 158 Å². The molecule has 4 heterocycles. The molecule has 4 nitrogen and oxygen atoms in total. The molecule has 202 valence electrons. The standard InChI is InChI=1S/C39H26N4/c1-2-11-27(12-3-1)28-13-8-15-30(23-28)36-25-31(26-37(42-36)35-19-6-7-21-40-35)29-14-9-16-32(24-29)43-38-20-5-4-17-33(38)34-18-10-22-41-39(34)43/h1-26H. The minimum absolute atomic E-state index is 0.835. The van der Waals surface area contributed by atoms with Crippen LogP contribution < -0.4 is 0 Å². The van der Waals surface area contributed by atoms with Crippen molar-refractivity contribution in [2.75, 3.05) is 0 Å². The maximum atomic E-state index is 5.11. The molecular formula is C39H26N4. The van der Waals surface area contributed by atoms with E-state index in [1.54, 1.807) is 0 Å². The average molecular weight is 551 g/mol. The third-order valence-corrected chi connectivity index (χ3v) is 7.89. The van der Waals surface area contributed by atoms with Crippen LogP contribution in [0, 0.1) is 0 Å². The lowest BCUT2D eigenvalue weighted by atomic mass is 9.98. The van der Waals surface area contributed by atoms with Gasteiger partial charge < -0.3 is 0 Å². The van der Waals surface area contributed by atoms with Crippen LogP contribution in [0.5, 0.6) is 0 Å². The number of nitrogens with zero attached hydrogens (tertiary/aromatic N) is 4. The molecule has 4 heteroatoms. The van der Waals surface area contributed by atoms with Gasteiger partial charge in [0, 0.05) is 34.4 Å². The van der Waals surface area contributed by atoms with Crippen LogP contribution in [0.3, 0.4) is 0 Å². The highest BCUT2D eigenvalue weighted by atomic mass is 15.0. The molecule has 0 aliphatic heterocycles. The van der Waals surface area contributed by atoms with Crippen molar-refractivity contribution in [3.63, 3.8) is 0 Å². The van der Waals surface area contributed by atoms with Gasteiger partial charge in [0.2, 0.25) is 0 Å². The second kappa shape index (κ2) is 10.5. The van der Waals surface area contributed by atoms with Gasteiger partial charge in [-0.25, -0.2) is 9.97 Å². The molecule has 0 aliphatic rings. The first-order valence-electron chi connectivity index (χ1n) is 14.4. The summed E-state index contributed by atoms with van der Waals surface area (Å²) >= 11 is 0. The van der Waals surface area contributed by atoms with E-state index in [-0.39, 0.29) is 0 Å². The summed E-state index contributed by atoms with van der Waals surface area (Å²) in [4.78, 5) is 14.5. The Balaban J connectivity index is 1.30. The smallest absolute Gasteiger partial charge is 0.145 e. The summed E-state index contributed by atoms with van der Waals surface area (Å²) in [6.07, 6.45) is 3.68. The van der Waals surface area contributed by atoms with Gasteiger partial charge in [-0.15, -0.1) is 0 Å². The summed E-state index contributed by atoms with van der Waals surface area (Å²) in [7, 11) is 0. The quantitative estimate of drug-likeness (QED) is 0.214. The lowest BCUT2D eigenvalue weighted by molar-refractivity contribution is 1.14. The molecule has 0 atom stereocenters. The summed E-state index contributed by atoms with van der Waals surface area (Å²) in [6.45, 7) is 0. The van der Waals surface area contributed by atoms with Gasteiger partial charge in [-0.2, -0.15) is 0 Å². The number of rotatable bonds is 5. The molecule has 0 amide bonds. The Morgan fingerprint density at radius 3 is 1.98 bits per heavy atom. The zero-order valence-electron chi connectivity index (χ0n) is 23.3. The Kier molecular flexibility index (Phi) is 6.08. The molecule has 0 N–H and O–H groups in total. The molecule has 4 aromatic heterocycles. The first kappa shape index (κ1) is 24.9. The summed E-state index contributed by atoms with van der Waals surface area (Å²) in [5.74, 6) is 0. The van der Waals surface area contributed by atoms with Gasteiger partial charge in [0.05, 0.1) is 22.6 Å². The van der Waals surface area contributed by atoms with Crippen LogP contribution in [-0.4, -0.2) is 19.5 Å². The molecular weight excluding hydrogens is 524 g/mol. The highest BCUT2D eigenvalue weighted by Gasteiger charge is 2.15. The summed E-state index contributed by atoms with van der Waals surface area (Å²) < 4.78 is 2.25. The molecule has 0 unspecified atom stereocenters. The van der Waals surface area contributed by atoms with Crippen LogP contribution in [0.2, 0.25) is 0 Å². The highest BCUT2D eigenvalue weighted by Crippen LogP contribution is 2.35. The zero-order chi connectivity index (χ0) is 28.6. The van der Waals surface area contributed by atoms with Crippen molar-refractivity contribution in [2.24, 2.45) is 0 Å². The van der Waals surface area contributed by atoms with E-state index in [1.807, 2.05) is 42.7 Å². The van der Waals surface area contributed by atoms with Gasteiger partial charge in [0.1, 0.15) is 5.65 Å². The monoisotopic (exact) mass is 550 g/mol. The Labute approximate surface area is 249 Å². The lowest BCUT2D eigenvalue weighted by Gasteiger charge is -2.13. The number of fused-ring (bicyclic) bond motifs is 3. The maximum Gasteiger partial charge on any atom is 0.145 e. The van der Waals surface area contributed by atoms with Crippen LogP contribution in [0.4, 0.5) is 0 Å². The first-order chi connectivity index (χ1) is 21.3. The predicted molar refractivity (Wildman–Crippen MR) is 176 cm³/mol. The van der Waals surface area contributed by atoms with Crippen molar-refractivity contribution in [3.05, 3.63) is 158 Å². The molecule has 0 fully saturated rings. The third kappa shape index (κ3) is 4.55.